The minimum atomic E-state index is 0.417. The Hall–Kier alpha value is -1.50. The average Bonchev–Trinajstić information content (AvgIpc) is 3.03. The minimum Gasteiger partial charge on any atom is -0.508 e. The molecule has 0 saturated carbocycles. The van der Waals surface area contributed by atoms with Crippen molar-refractivity contribution >= 4 is 0 Å². The summed E-state index contributed by atoms with van der Waals surface area (Å²) < 4.78 is 0. The predicted octanol–water partition coefficient (Wildman–Crippen LogP) is 4.26. The van der Waals surface area contributed by atoms with Gasteiger partial charge >= 0.3 is 0 Å². The van der Waals surface area contributed by atoms with Gasteiger partial charge in [0.25, 0.3) is 0 Å². The molecule has 17 heavy (non-hydrogen) atoms. The zero-order valence-corrected chi connectivity index (χ0v) is 9.97. The van der Waals surface area contributed by atoms with Crippen LogP contribution in [0, 0.1) is 0 Å². The van der Waals surface area contributed by atoms with Gasteiger partial charge in [-0.2, -0.15) is 0 Å². The summed E-state index contributed by atoms with van der Waals surface area (Å²) in [5, 5.41) is 9.99. The lowest BCUT2D eigenvalue weighted by Crippen LogP contribution is -1.97. The fourth-order valence-electron chi connectivity index (χ4n) is 2.90. The second-order valence-corrected chi connectivity index (χ2v) is 5.04. The zero-order valence-electron chi connectivity index (χ0n) is 9.97. The number of rotatable bonds is 2. The molecule has 0 bridgehead atoms. The maximum Gasteiger partial charge on any atom is 0.119 e. The Morgan fingerprint density at radius 1 is 0.941 bits per heavy atom. The van der Waals surface area contributed by atoms with Crippen molar-refractivity contribution in [2.45, 2.75) is 37.5 Å². The van der Waals surface area contributed by atoms with Gasteiger partial charge < -0.3 is 5.11 Å². The van der Waals surface area contributed by atoms with Gasteiger partial charge in [0, 0.05) is 17.4 Å². The maximum absolute atomic E-state index is 9.99. The van der Waals surface area contributed by atoms with Gasteiger partial charge in [0.1, 0.15) is 5.75 Å². The van der Waals surface area contributed by atoms with Crippen LogP contribution in [0.2, 0.25) is 0 Å². The maximum atomic E-state index is 9.99. The van der Waals surface area contributed by atoms with Crippen molar-refractivity contribution in [2.75, 3.05) is 0 Å². The number of hydrogen-bond acceptors (Lipinski definition) is 1. The largest absolute Gasteiger partial charge is 0.508 e. The first-order chi connectivity index (χ1) is 8.34. The summed E-state index contributed by atoms with van der Waals surface area (Å²) in [5.41, 5.74) is 2.46. The van der Waals surface area contributed by atoms with Crippen LogP contribution in [-0.4, -0.2) is 5.11 Å². The predicted molar refractivity (Wildman–Crippen MR) is 70.3 cm³/mol. The van der Waals surface area contributed by atoms with Crippen molar-refractivity contribution < 1.29 is 5.11 Å². The lowest BCUT2D eigenvalue weighted by Gasteiger charge is -2.15. The van der Waals surface area contributed by atoms with Crippen LogP contribution in [0.15, 0.2) is 42.5 Å². The highest BCUT2D eigenvalue weighted by molar-refractivity contribution is 5.43. The van der Waals surface area contributed by atoms with Gasteiger partial charge in [-0.05, 0) is 37.3 Å². The third-order valence-corrected chi connectivity index (χ3v) is 3.90. The molecular weight excluding hydrogens is 208 g/mol. The number of allylic oxidation sites excluding steroid dienone is 4. The third kappa shape index (κ3) is 2.02. The minimum absolute atomic E-state index is 0.417. The summed E-state index contributed by atoms with van der Waals surface area (Å²) in [6.45, 7) is 0. The van der Waals surface area contributed by atoms with Crippen molar-refractivity contribution in [2.24, 2.45) is 0 Å². The van der Waals surface area contributed by atoms with Crippen molar-refractivity contribution in [3.8, 4) is 5.75 Å². The fourth-order valence-corrected chi connectivity index (χ4v) is 2.90. The molecule has 0 fully saturated rings. The highest BCUT2D eigenvalue weighted by atomic mass is 16.3. The highest BCUT2D eigenvalue weighted by Gasteiger charge is 2.18. The van der Waals surface area contributed by atoms with Crippen LogP contribution in [0.4, 0.5) is 0 Å². The lowest BCUT2D eigenvalue weighted by atomic mass is 9.91. The molecule has 1 heteroatoms. The standard InChI is InChI=1S/C16H18O/c17-16-10-9-14(12-5-1-2-6-12)11-15(16)13-7-3-4-8-13/h1,3,5,7,9-13,17H,2,4,6,8H2/t12-,13-/m1/s1. The molecule has 0 aromatic heterocycles. The van der Waals surface area contributed by atoms with E-state index in [1.807, 2.05) is 6.07 Å². The van der Waals surface area contributed by atoms with E-state index >= 15 is 0 Å². The number of phenolic OH excluding ortho intramolecular Hbond substituents is 1. The molecule has 0 radical (unpaired) electrons. The molecule has 2 atom stereocenters. The van der Waals surface area contributed by atoms with Gasteiger partial charge in [0.05, 0.1) is 0 Å². The highest BCUT2D eigenvalue weighted by Crippen LogP contribution is 2.37. The fraction of sp³-hybridized carbons (Fsp3) is 0.375. The summed E-state index contributed by atoms with van der Waals surface area (Å²) in [7, 11) is 0. The van der Waals surface area contributed by atoms with E-state index in [9.17, 15) is 5.11 Å². The smallest absolute Gasteiger partial charge is 0.119 e. The second-order valence-electron chi connectivity index (χ2n) is 5.04. The molecule has 0 amide bonds. The van der Waals surface area contributed by atoms with Crippen LogP contribution in [0.3, 0.4) is 0 Å². The molecule has 1 N–H and O–H groups in total. The topological polar surface area (TPSA) is 20.2 Å². The molecule has 1 nitrogen and oxygen atoms in total. The normalized spacial score (nSPS) is 26.8. The van der Waals surface area contributed by atoms with Crippen LogP contribution in [0.1, 0.15) is 48.6 Å². The van der Waals surface area contributed by atoms with E-state index in [1.54, 1.807) is 0 Å². The number of benzene rings is 1. The summed E-state index contributed by atoms with van der Waals surface area (Å²) in [6.07, 6.45) is 13.7. The van der Waals surface area contributed by atoms with E-state index in [1.165, 1.54) is 18.4 Å². The summed E-state index contributed by atoms with van der Waals surface area (Å²) in [6, 6.07) is 6.14. The molecule has 2 aliphatic carbocycles. The Morgan fingerprint density at radius 3 is 2.29 bits per heavy atom. The molecule has 0 unspecified atom stereocenters. The molecule has 0 heterocycles. The van der Waals surface area contributed by atoms with Gasteiger partial charge in [-0.25, -0.2) is 0 Å². The lowest BCUT2D eigenvalue weighted by molar-refractivity contribution is 0.464. The zero-order chi connectivity index (χ0) is 11.7. The van der Waals surface area contributed by atoms with Crippen molar-refractivity contribution in [1.29, 1.82) is 0 Å². The van der Waals surface area contributed by atoms with Crippen LogP contribution in [0.5, 0.6) is 5.75 Å². The monoisotopic (exact) mass is 226 g/mol. The average molecular weight is 226 g/mol. The van der Waals surface area contributed by atoms with E-state index < -0.39 is 0 Å². The van der Waals surface area contributed by atoms with E-state index in [2.05, 4.69) is 36.4 Å². The Balaban J connectivity index is 1.94. The number of hydrogen-bond donors (Lipinski definition) is 1. The summed E-state index contributed by atoms with van der Waals surface area (Å²) in [5.74, 6) is 1.42. The Kier molecular flexibility index (Phi) is 2.76. The van der Waals surface area contributed by atoms with E-state index in [4.69, 9.17) is 0 Å². The Morgan fingerprint density at radius 2 is 1.65 bits per heavy atom. The molecule has 2 aliphatic rings. The first kappa shape index (κ1) is 10.6. The van der Waals surface area contributed by atoms with Gasteiger partial charge in [-0.1, -0.05) is 36.4 Å². The summed E-state index contributed by atoms with van der Waals surface area (Å²) in [4.78, 5) is 0. The van der Waals surface area contributed by atoms with Gasteiger partial charge in [0.2, 0.25) is 0 Å². The molecule has 0 saturated heterocycles. The van der Waals surface area contributed by atoms with E-state index in [0.717, 1.165) is 18.4 Å². The molecule has 88 valence electrons. The van der Waals surface area contributed by atoms with Crippen LogP contribution in [0.25, 0.3) is 0 Å². The Labute approximate surface area is 102 Å². The first-order valence-electron chi connectivity index (χ1n) is 6.51. The second kappa shape index (κ2) is 4.40. The number of aromatic hydroxyl groups is 1. The molecule has 1 aromatic carbocycles. The van der Waals surface area contributed by atoms with E-state index in [-0.39, 0.29) is 0 Å². The van der Waals surface area contributed by atoms with Crippen LogP contribution < -0.4 is 0 Å². The SMILES string of the molecule is Oc1ccc([C@@H]2C=CCC2)cc1[C@@H]1C=CCC1. The summed E-state index contributed by atoms with van der Waals surface area (Å²) >= 11 is 0. The van der Waals surface area contributed by atoms with Crippen molar-refractivity contribution in [3.05, 3.63) is 53.6 Å². The molecule has 1 aromatic rings. The van der Waals surface area contributed by atoms with Crippen LogP contribution >= 0.6 is 0 Å². The molecule has 0 aliphatic heterocycles. The quantitative estimate of drug-likeness (QED) is 0.747. The first-order valence-corrected chi connectivity index (χ1v) is 6.51. The van der Waals surface area contributed by atoms with Gasteiger partial charge in [-0.15, -0.1) is 0 Å². The van der Waals surface area contributed by atoms with Crippen molar-refractivity contribution in [1.82, 2.24) is 0 Å². The van der Waals surface area contributed by atoms with E-state index in [0.29, 0.717) is 17.6 Å². The van der Waals surface area contributed by atoms with Crippen LogP contribution in [-0.2, 0) is 0 Å². The van der Waals surface area contributed by atoms with Gasteiger partial charge in [0.15, 0.2) is 0 Å². The van der Waals surface area contributed by atoms with Crippen molar-refractivity contribution in [3.63, 3.8) is 0 Å². The number of phenols is 1. The molecule has 3 rings (SSSR count). The molecular formula is C16H18O. The molecule has 0 spiro atoms. The Bertz CT molecular complexity index is 470. The third-order valence-electron chi connectivity index (χ3n) is 3.90. The van der Waals surface area contributed by atoms with Gasteiger partial charge in [-0.3, -0.25) is 0 Å².